The van der Waals surface area contributed by atoms with E-state index in [-0.39, 0.29) is 36.9 Å². The number of rotatable bonds is 4. The topological polar surface area (TPSA) is 70.6 Å². The van der Waals surface area contributed by atoms with Crippen molar-refractivity contribution in [2.45, 2.75) is 18.4 Å². The van der Waals surface area contributed by atoms with E-state index in [0.29, 0.717) is 13.2 Å². The molecule has 0 unspecified atom stereocenters. The van der Waals surface area contributed by atoms with Crippen LogP contribution < -0.4 is 10.6 Å². The number of fused-ring (bicyclic) bond motifs is 3. The lowest BCUT2D eigenvalue weighted by Crippen LogP contribution is -2.52. The van der Waals surface area contributed by atoms with Gasteiger partial charge in [-0.2, -0.15) is 0 Å². The van der Waals surface area contributed by atoms with Gasteiger partial charge in [-0.1, -0.05) is 48.5 Å². The lowest BCUT2D eigenvalue weighted by molar-refractivity contribution is 0.119. The molecule has 4 rings (SSSR count). The van der Waals surface area contributed by atoms with Gasteiger partial charge in [-0.05, 0) is 35.2 Å². The first kappa shape index (κ1) is 19.7. The van der Waals surface area contributed by atoms with Crippen LogP contribution in [0.15, 0.2) is 48.5 Å². The van der Waals surface area contributed by atoms with Crippen molar-refractivity contribution in [1.29, 1.82) is 0 Å². The number of benzene rings is 2. The second-order valence-corrected chi connectivity index (χ2v) is 7.01. The zero-order valence-corrected chi connectivity index (χ0v) is 15.9. The van der Waals surface area contributed by atoms with Crippen molar-refractivity contribution in [2.24, 2.45) is 5.92 Å². The Bertz CT molecular complexity index is 753. The molecule has 144 valence electrons. The van der Waals surface area contributed by atoms with E-state index in [4.69, 9.17) is 4.74 Å². The first-order chi connectivity index (χ1) is 12.8. The molecular formula is C21H25ClN2O3. The standard InChI is InChI=1S/C21H24N2O3.ClH/c24-12-14-9-10-22-11-20(14)23-21(25)26-13-19-17-7-3-1-5-15(17)16-6-2-4-8-18(16)19;/h1-8,14,19-20,22,24H,9-13H2,(H,23,25);1H/t14-,20-;/m0./s1. The van der Waals surface area contributed by atoms with Gasteiger partial charge in [0.1, 0.15) is 6.61 Å². The maximum Gasteiger partial charge on any atom is 0.407 e. The van der Waals surface area contributed by atoms with E-state index in [9.17, 15) is 9.90 Å². The molecule has 2 atom stereocenters. The fourth-order valence-corrected chi connectivity index (χ4v) is 4.09. The molecular weight excluding hydrogens is 364 g/mol. The van der Waals surface area contributed by atoms with E-state index in [2.05, 4.69) is 34.9 Å². The average Bonchev–Trinajstić information content (AvgIpc) is 3.01. The summed E-state index contributed by atoms with van der Waals surface area (Å²) in [6, 6.07) is 16.5. The Kier molecular flexibility index (Phi) is 6.37. The SMILES string of the molecule is Cl.O=C(N[C@H]1CNCC[C@H]1CO)OCC1c2ccccc2-c2ccccc21. The Morgan fingerprint density at radius 3 is 2.37 bits per heavy atom. The molecule has 3 N–H and O–H groups in total. The third-order valence-corrected chi connectivity index (χ3v) is 5.51. The van der Waals surface area contributed by atoms with Gasteiger partial charge in [0, 0.05) is 31.0 Å². The van der Waals surface area contributed by atoms with Gasteiger partial charge >= 0.3 is 6.09 Å². The van der Waals surface area contributed by atoms with Gasteiger partial charge in [0.2, 0.25) is 0 Å². The Labute approximate surface area is 165 Å². The number of hydrogen-bond acceptors (Lipinski definition) is 4. The highest BCUT2D eigenvalue weighted by molar-refractivity contribution is 5.85. The van der Waals surface area contributed by atoms with Crippen LogP contribution in [0.5, 0.6) is 0 Å². The summed E-state index contributed by atoms with van der Waals surface area (Å²) >= 11 is 0. The third-order valence-electron chi connectivity index (χ3n) is 5.51. The Morgan fingerprint density at radius 1 is 1.11 bits per heavy atom. The van der Waals surface area contributed by atoms with Crippen molar-refractivity contribution >= 4 is 18.5 Å². The van der Waals surface area contributed by atoms with Gasteiger partial charge in [0.25, 0.3) is 0 Å². The van der Waals surface area contributed by atoms with Crippen molar-refractivity contribution in [3.63, 3.8) is 0 Å². The molecule has 0 saturated carbocycles. The maximum atomic E-state index is 12.3. The zero-order chi connectivity index (χ0) is 17.9. The van der Waals surface area contributed by atoms with Crippen LogP contribution >= 0.6 is 12.4 Å². The number of halogens is 1. The number of aliphatic hydroxyl groups is 1. The van der Waals surface area contributed by atoms with Gasteiger partial charge in [0.15, 0.2) is 0 Å². The molecule has 0 bridgehead atoms. The second kappa shape index (κ2) is 8.74. The maximum absolute atomic E-state index is 12.3. The van der Waals surface area contributed by atoms with Gasteiger partial charge < -0.3 is 20.5 Å². The molecule has 2 aromatic rings. The van der Waals surface area contributed by atoms with Gasteiger partial charge in [0.05, 0.1) is 0 Å². The third kappa shape index (κ3) is 3.95. The first-order valence-electron chi connectivity index (χ1n) is 9.21. The fourth-order valence-electron chi connectivity index (χ4n) is 4.09. The van der Waals surface area contributed by atoms with Crippen molar-refractivity contribution < 1.29 is 14.6 Å². The number of alkyl carbamates (subject to hydrolysis) is 1. The number of amides is 1. The molecule has 27 heavy (non-hydrogen) atoms. The second-order valence-electron chi connectivity index (χ2n) is 7.01. The highest BCUT2D eigenvalue weighted by Gasteiger charge is 2.30. The highest BCUT2D eigenvalue weighted by atomic mass is 35.5. The molecule has 2 aromatic carbocycles. The average molecular weight is 389 g/mol. The Morgan fingerprint density at radius 2 is 1.74 bits per heavy atom. The van der Waals surface area contributed by atoms with Crippen LogP contribution in [0.25, 0.3) is 11.1 Å². The molecule has 0 aromatic heterocycles. The fraction of sp³-hybridized carbons (Fsp3) is 0.381. The van der Waals surface area contributed by atoms with Crippen LogP contribution in [-0.4, -0.2) is 43.5 Å². The van der Waals surface area contributed by atoms with Crippen LogP contribution in [0, 0.1) is 5.92 Å². The number of aliphatic hydroxyl groups excluding tert-OH is 1. The van der Waals surface area contributed by atoms with Crippen LogP contribution in [0.3, 0.4) is 0 Å². The molecule has 2 aliphatic rings. The summed E-state index contributed by atoms with van der Waals surface area (Å²) in [5, 5.41) is 15.6. The van der Waals surface area contributed by atoms with E-state index in [1.165, 1.54) is 22.3 Å². The minimum Gasteiger partial charge on any atom is -0.449 e. The smallest absolute Gasteiger partial charge is 0.407 e. The summed E-state index contributed by atoms with van der Waals surface area (Å²) in [7, 11) is 0. The summed E-state index contributed by atoms with van der Waals surface area (Å²) in [5.74, 6) is 0.142. The van der Waals surface area contributed by atoms with Crippen molar-refractivity contribution in [3.05, 3.63) is 59.7 Å². The van der Waals surface area contributed by atoms with E-state index >= 15 is 0 Å². The predicted octanol–water partition coefficient (Wildman–Crippen LogP) is 2.92. The lowest BCUT2D eigenvalue weighted by Gasteiger charge is -2.31. The number of carbonyl (C=O) groups excluding carboxylic acids is 1. The summed E-state index contributed by atoms with van der Waals surface area (Å²) in [4.78, 5) is 12.3. The molecule has 6 heteroatoms. The van der Waals surface area contributed by atoms with Crippen LogP contribution in [0.2, 0.25) is 0 Å². The molecule has 1 aliphatic carbocycles. The molecule has 1 amide bonds. The van der Waals surface area contributed by atoms with E-state index < -0.39 is 6.09 Å². The number of carbonyl (C=O) groups is 1. The first-order valence-corrected chi connectivity index (χ1v) is 9.21. The van der Waals surface area contributed by atoms with Crippen molar-refractivity contribution in [2.75, 3.05) is 26.3 Å². The molecule has 1 fully saturated rings. The van der Waals surface area contributed by atoms with E-state index in [1.54, 1.807) is 0 Å². The summed E-state index contributed by atoms with van der Waals surface area (Å²) < 4.78 is 5.58. The highest BCUT2D eigenvalue weighted by Crippen LogP contribution is 2.44. The van der Waals surface area contributed by atoms with Crippen LogP contribution in [-0.2, 0) is 4.74 Å². The summed E-state index contributed by atoms with van der Waals surface area (Å²) in [5.41, 5.74) is 4.84. The van der Waals surface area contributed by atoms with Crippen LogP contribution in [0.1, 0.15) is 23.5 Å². The Hall–Kier alpha value is -2.08. The largest absolute Gasteiger partial charge is 0.449 e. The quantitative estimate of drug-likeness (QED) is 0.753. The van der Waals surface area contributed by atoms with Gasteiger partial charge in [-0.3, -0.25) is 0 Å². The molecule has 0 spiro atoms. The predicted molar refractivity (Wildman–Crippen MR) is 107 cm³/mol. The van der Waals surface area contributed by atoms with Gasteiger partial charge in [-0.15, -0.1) is 12.4 Å². The summed E-state index contributed by atoms with van der Waals surface area (Å²) in [6.07, 6.45) is 0.434. The van der Waals surface area contributed by atoms with E-state index in [0.717, 1.165) is 13.0 Å². The van der Waals surface area contributed by atoms with E-state index in [1.807, 2.05) is 24.3 Å². The van der Waals surface area contributed by atoms with Crippen molar-refractivity contribution in [1.82, 2.24) is 10.6 Å². The normalized spacial score (nSPS) is 20.9. The van der Waals surface area contributed by atoms with Gasteiger partial charge in [-0.25, -0.2) is 4.79 Å². The number of piperidine rings is 1. The molecule has 0 radical (unpaired) electrons. The van der Waals surface area contributed by atoms with Crippen LogP contribution in [0.4, 0.5) is 4.79 Å². The number of nitrogens with one attached hydrogen (secondary N) is 2. The van der Waals surface area contributed by atoms with Crippen molar-refractivity contribution in [3.8, 4) is 11.1 Å². The zero-order valence-electron chi connectivity index (χ0n) is 15.1. The molecule has 1 saturated heterocycles. The monoisotopic (exact) mass is 388 g/mol. The molecule has 1 aliphatic heterocycles. The Balaban J connectivity index is 0.00000210. The summed E-state index contributed by atoms with van der Waals surface area (Å²) in [6.45, 7) is 1.92. The number of ether oxygens (including phenoxy) is 1. The lowest BCUT2D eigenvalue weighted by atomic mass is 9.94. The number of hydrogen-bond donors (Lipinski definition) is 3. The minimum atomic E-state index is -0.418. The minimum absolute atomic E-state index is 0. The molecule has 5 nitrogen and oxygen atoms in total. The molecule has 1 heterocycles.